The number of halogens is 1. The van der Waals surface area contributed by atoms with Crippen molar-refractivity contribution < 1.29 is 0 Å². The van der Waals surface area contributed by atoms with E-state index in [1.165, 1.54) is 5.39 Å². The number of aromatic nitrogens is 1. The van der Waals surface area contributed by atoms with Gasteiger partial charge in [0, 0.05) is 22.3 Å². The van der Waals surface area contributed by atoms with Gasteiger partial charge in [-0.2, -0.15) is 0 Å². The number of aliphatic imine (C=N–C) groups is 1. The molecule has 0 fully saturated rings. The van der Waals surface area contributed by atoms with Crippen LogP contribution < -0.4 is 0 Å². The third kappa shape index (κ3) is 2.84. The molecule has 0 radical (unpaired) electrons. The summed E-state index contributed by atoms with van der Waals surface area (Å²) < 4.78 is 2.09. The summed E-state index contributed by atoms with van der Waals surface area (Å²) >= 11 is 5.97. The van der Waals surface area contributed by atoms with Crippen LogP contribution in [0.2, 0.25) is 5.02 Å². The van der Waals surface area contributed by atoms with Crippen LogP contribution in [-0.2, 0) is 0 Å². The summed E-state index contributed by atoms with van der Waals surface area (Å²) in [5.41, 5.74) is 3.05. The molecule has 24 heavy (non-hydrogen) atoms. The summed E-state index contributed by atoms with van der Waals surface area (Å²) in [6.07, 6.45) is 3.92. The summed E-state index contributed by atoms with van der Waals surface area (Å²) in [5, 5.41) is 3.08. The zero-order chi connectivity index (χ0) is 16.4. The summed E-state index contributed by atoms with van der Waals surface area (Å²) in [6.45, 7) is 0. The number of fused-ring (bicyclic) bond motifs is 1. The topological polar surface area (TPSA) is 17.3 Å². The van der Waals surface area contributed by atoms with Gasteiger partial charge in [0.05, 0.1) is 17.6 Å². The highest BCUT2D eigenvalue weighted by Gasteiger charge is 2.02. The minimum atomic E-state index is 0.733. The molecule has 0 atom stereocenters. The van der Waals surface area contributed by atoms with Gasteiger partial charge in [-0.3, -0.25) is 4.99 Å². The Morgan fingerprint density at radius 3 is 2.46 bits per heavy atom. The third-order valence-corrected chi connectivity index (χ3v) is 4.24. The lowest BCUT2D eigenvalue weighted by Gasteiger charge is -2.06. The van der Waals surface area contributed by atoms with Crippen molar-refractivity contribution in [1.82, 2.24) is 4.57 Å². The maximum absolute atomic E-state index is 5.97. The van der Waals surface area contributed by atoms with Gasteiger partial charge in [0.25, 0.3) is 0 Å². The molecule has 1 heterocycles. The Morgan fingerprint density at radius 2 is 1.58 bits per heavy atom. The quantitative estimate of drug-likeness (QED) is 0.408. The zero-order valence-electron chi connectivity index (χ0n) is 12.9. The van der Waals surface area contributed by atoms with Gasteiger partial charge in [-0.15, -0.1) is 0 Å². The fraction of sp³-hybridized carbons (Fsp3) is 0. The van der Waals surface area contributed by atoms with E-state index in [1.807, 2.05) is 73.1 Å². The Hall–Kier alpha value is -2.84. The van der Waals surface area contributed by atoms with E-state index in [9.17, 15) is 0 Å². The summed E-state index contributed by atoms with van der Waals surface area (Å²) in [5.74, 6) is 0. The highest BCUT2D eigenvalue weighted by Crippen LogP contribution is 2.25. The van der Waals surface area contributed by atoms with Gasteiger partial charge < -0.3 is 4.57 Å². The standard InChI is InChI=1S/C21H15ClN2/c22-17-10-12-18(13-11-17)24-14-4-7-19(24)15-23-21-9-3-6-16-5-1-2-8-20(16)21/h1-15H. The molecule has 0 bridgehead atoms. The van der Waals surface area contributed by atoms with Gasteiger partial charge in [0.2, 0.25) is 0 Å². The molecule has 0 unspecified atom stereocenters. The lowest BCUT2D eigenvalue weighted by molar-refractivity contribution is 1.07. The first-order valence-corrected chi connectivity index (χ1v) is 8.14. The van der Waals surface area contributed by atoms with Crippen molar-refractivity contribution in [3.63, 3.8) is 0 Å². The molecule has 116 valence electrons. The largest absolute Gasteiger partial charge is 0.316 e. The zero-order valence-corrected chi connectivity index (χ0v) is 13.7. The molecule has 0 amide bonds. The molecular formula is C21H15ClN2. The SMILES string of the molecule is Clc1ccc(-n2cccc2C=Nc2cccc3ccccc23)cc1. The highest BCUT2D eigenvalue weighted by molar-refractivity contribution is 6.30. The third-order valence-electron chi connectivity index (χ3n) is 3.99. The van der Waals surface area contributed by atoms with Gasteiger partial charge >= 0.3 is 0 Å². The van der Waals surface area contributed by atoms with E-state index in [4.69, 9.17) is 16.6 Å². The average molecular weight is 331 g/mol. The molecule has 0 aliphatic rings. The van der Waals surface area contributed by atoms with E-state index in [0.717, 1.165) is 27.5 Å². The molecule has 3 aromatic carbocycles. The molecule has 4 rings (SSSR count). The van der Waals surface area contributed by atoms with Crippen LogP contribution in [0.4, 0.5) is 5.69 Å². The molecule has 1 aromatic heterocycles. The molecule has 0 N–H and O–H groups in total. The van der Waals surface area contributed by atoms with Crippen molar-refractivity contribution in [2.75, 3.05) is 0 Å². The Bertz CT molecular complexity index is 1010. The van der Waals surface area contributed by atoms with E-state index >= 15 is 0 Å². The van der Waals surface area contributed by atoms with Crippen LogP contribution in [0, 0.1) is 0 Å². The number of nitrogens with zero attached hydrogens (tertiary/aromatic N) is 2. The average Bonchev–Trinajstić information content (AvgIpc) is 3.09. The van der Waals surface area contributed by atoms with Gasteiger partial charge in [-0.25, -0.2) is 0 Å². The Morgan fingerprint density at radius 1 is 0.792 bits per heavy atom. The van der Waals surface area contributed by atoms with Crippen LogP contribution in [0.3, 0.4) is 0 Å². The van der Waals surface area contributed by atoms with E-state index in [0.29, 0.717) is 0 Å². The van der Waals surface area contributed by atoms with E-state index < -0.39 is 0 Å². The molecule has 3 heteroatoms. The van der Waals surface area contributed by atoms with Crippen molar-refractivity contribution in [3.8, 4) is 5.69 Å². The van der Waals surface area contributed by atoms with Crippen molar-refractivity contribution in [1.29, 1.82) is 0 Å². The molecule has 0 aliphatic heterocycles. The Balaban J connectivity index is 1.72. The second-order valence-corrected chi connectivity index (χ2v) is 5.97. The van der Waals surface area contributed by atoms with Gasteiger partial charge in [-0.1, -0.05) is 48.0 Å². The Labute approximate surface area is 145 Å². The lowest BCUT2D eigenvalue weighted by atomic mass is 10.1. The first kappa shape index (κ1) is 14.7. The second-order valence-electron chi connectivity index (χ2n) is 5.54. The van der Waals surface area contributed by atoms with Crippen molar-refractivity contribution in [3.05, 3.63) is 95.8 Å². The molecule has 0 aliphatic carbocycles. The maximum Gasteiger partial charge on any atom is 0.0708 e. The first-order valence-electron chi connectivity index (χ1n) is 7.76. The minimum absolute atomic E-state index is 0.733. The van der Waals surface area contributed by atoms with Gasteiger partial charge in [0.15, 0.2) is 0 Å². The molecule has 0 spiro atoms. The van der Waals surface area contributed by atoms with Crippen LogP contribution in [0.25, 0.3) is 16.5 Å². The van der Waals surface area contributed by atoms with Crippen molar-refractivity contribution >= 4 is 34.3 Å². The lowest BCUT2D eigenvalue weighted by Crippen LogP contribution is -1.97. The highest BCUT2D eigenvalue weighted by atomic mass is 35.5. The number of benzene rings is 3. The fourth-order valence-corrected chi connectivity index (χ4v) is 2.92. The monoisotopic (exact) mass is 330 g/mol. The molecule has 0 saturated heterocycles. The predicted molar refractivity (Wildman–Crippen MR) is 102 cm³/mol. The van der Waals surface area contributed by atoms with Crippen LogP contribution in [0.5, 0.6) is 0 Å². The number of hydrogen-bond acceptors (Lipinski definition) is 1. The fourth-order valence-electron chi connectivity index (χ4n) is 2.79. The van der Waals surface area contributed by atoms with Crippen molar-refractivity contribution in [2.24, 2.45) is 4.99 Å². The van der Waals surface area contributed by atoms with Crippen LogP contribution >= 0.6 is 11.6 Å². The predicted octanol–water partition coefficient (Wildman–Crippen LogP) is 6.03. The maximum atomic E-state index is 5.97. The van der Waals surface area contributed by atoms with Crippen molar-refractivity contribution in [2.45, 2.75) is 0 Å². The molecule has 2 nitrogen and oxygen atoms in total. The van der Waals surface area contributed by atoms with Crippen LogP contribution in [-0.4, -0.2) is 10.8 Å². The smallest absolute Gasteiger partial charge is 0.0708 e. The summed E-state index contributed by atoms with van der Waals surface area (Å²) in [4.78, 5) is 4.71. The summed E-state index contributed by atoms with van der Waals surface area (Å²) in [7, 11) is 0. The van der Waals surface area contributed by atoms with E-state index in [1.54, 1.807) is 0 Å². The second kappa shape index (κ2) is 6.34. The van der Waals surface area contributed by atoms with E-state index in [-0.39, 0.29) is 0 Å². The molecule has 0 saturated carbocycles. The molecular weight excluding hydrogens is 316 g/mol. The number of hydrogen-bond donors (Lipinski definition) is 0. The normalized spacial score (nSPS) is 11.4. The molecule has 4 aromatic rings. The first-order chi connectivity index (χ1) is 11.8. The Kier molecular flexibility index (Phi) is 3.89. The number of rotatable bonds is 3. The van der Waals surface area contributed by atoms with Crippen LogP contribution in [0.15, 0.2) is 90.1 Å². The van der Waals surface area contributed by atoms with Gasteiger partial charge in [0.1, 0.15) is 0 Å². The van der Waals surface area contributed by atoms with Crippen LogP contribution in [0.1, 0.15) is 5.69 Å². The summed E-state index contributed by atoms with van der Waals surface area (Å²) in [6, 6.07) is 26.3. The van der Waals surface area contributed by atoms with E-state index in [2.05, 4.69) is 22.8 Å². The van der Waals surface area contributed by atoms with Gasteiger partial charge in [-0.05, 0) is 47.9 Å². The minimum Gasteiger partial charge on any atom is -0.316 e.